The number of rotatable bonds is 8. The van der Waals surface area contributed by atoms with Gasteiger partial charge in [-0.05, 0) is 74.2 Å². The van der Waals surface area contributed by atoms with Crippen molar-refractivity contribution < 1.29 is 22.9 Å². The maximum absolute atomic E-state index is 13.6. The van der Waals surface area contributed by atoms with Gasteiger partial charge in [-0.25, -0.2) is 9.37 Å². The number of halogens is 1. The van der Waals surface area contributed by atoms with E-state index in [2.05, 4.69) is 34.6 Å². The molecular formula is C31H30FN5O4. The van der Waals surface area contributed by atoms with Crippen molar-refractivity contribution in [2.45, 2.75) is 45.6 Å². The average molecular weight is 556 g/mol. The monoisotopic (exact) mass is 555 g/mol. The Hall–Kier alpha value is -4.86. The first-order valence-electron chi connectivity index (χ1n) is 13.3. The maximum atomic E-state index is 13.6. The summed E-state index contributed by atoms with van der Waals surface area (Å²) in [7, 11) is 1.54. The van der Waals surface area contributed by atoms with Gasteiger partial charge in [-0.1, -0.05) is 31.1 Å². The Kier molecular flexibility index (Phi) is 7.40. The van der Waals surface area contributed by atoms with E-state index in [1.807, 2.05) is 12.1 Å². The SMILES string of the molecule is CC[C@H](C)c1nc2oc(-c3ccc(F)cc3)c(C(=O)NC)c2cc1-c1cccc(C(=O)NC(C)(C)c2ncon2)c1. The number of pyridine rings is 1. The van der Waals surface area contributed by atoms with Crippen LogP contribution in [-0.4, -0.2) is 34.0 Å². The minimum atomic E-state index is -0.863. The lowest BCUT2D eigenvalue weighted by atomic mass is 9.92. The molecule has 0 radical (unpaired) electrons. The van der Waals surface area contributed by atoms with Crippen LogP contribution >= 0.6 is 0 Å². The lowest BCUT2D eigenvalue weighted by molar-refractivity contribution is 0.0906. The van der Waals surface area contributed by atoms with E-state index in [4.69, 9.17) is 13.9 Å². The smallest absolute Gasteiger partial charge is 0.255 e. The molecule has 0 spiro atoms. The van der Waals surface area contributed by atoms with E-state index in [-0.39, 0.29) is 17.7 Å². The van der Waals surface area contributed by atoms with Crippen LogP contribution < -0.4 is 10.6 Å². The van der Waals surface area contributed by atoms with Crippen molar-refractivity contribution in [3.05, 3.63) is 89.5 Å². The minimum Gasteiger partial charge on any atom is -0.437 e. The van der Waals surface area contributed by atoms with E-state index in [0.717, 1.165) is 23.2 Å². The molecule has 0 bridgehead atoms. The average Bonchev–Trinajstić information content (AvgIpc) is 3.65. The van der Waals surface area contributed by atoms with Gasteiger partial charge in [0.15, 0.2) is 5.82 Å². The molecule has 0 aliphatic heterocycles. The summed E-state index contributed by atoms with van der Waals surface area (Å²) in [6.45, 7) is 7.70. The van der Waals surface area contributed by atoms with Crippen LogP contribution in [0.3, 0.4) is 0 Å². The molecular weight excluding hydrogens is 525 g/mol. The van der Waals surface area contributed by atoms with Crippen LogP contribution in [0.15, 0.2) is 69.9 Å². The summed E-state index contributed by atoms with van der Waals surface area (Å²) in [5, 5.41) is 10.0. The highest BCUT2D eigenvalue weighted by atomic mass is 19.1. The number of fused-ring (bicyclic) bond motifs is 1. The quantitative estimate of drug-likeness (QED) is 0.233. The number of benzene rings is 2. The summed E-state index contributed by atoms with van der Waals surface area (Å²) in [4.78, 5) is 35.3. The van der Waals surface area contributed by atoms with E-state index < -0.39 is 11.4 Å². The highest BCUT2D eigenvalue weighted by Crippen LogP contribution is 2.39. The number of carbonyl (C=O) groups is 2. The minimum absolute atomic E-state index is 0.0480. The maximum Gasteiger partial charge on any atom is 0.255 e. The van der Waals surface area contributed by atoms with Crippen LogP contribution in [0.25, 0.3) is 33.6 Å². The van der Waals surface area contributed by atoms with Crippen LogP contribution in [0.2, 0.25) is 0 Å². The van der Waals surface area contributed by atoms with Crippen molar-refractivity contribution in [1.29, 1.82) is 0 Å². The predicted octanol–water partition coefficient (Wildman–Crippen LogP) is 6.22. The Balaban J connectivity index is 1.64. The van der Waals surface area contributed by atoms with Gasteiger partial charge < -0.3 is 19.6 Å². The Morgan fingerprint density at radius 3 is 2.46 bits per heavy atom. The van der Waals surface area contributed by atoms with Crippen LogP contribution in [-0.2, 0) is 5.54 Å². The van der Waals surface area contributed by atoms with Gasteiger partial charge in [0.25, 0.3) is 11.8 Å². The van der Waals surface area contributed by atoms with Crippen molar-refractivity contribution in [2.24, 2.45) is 0 Å². The van der Waals surface area contributed by atoms with Crippen molar-refractivity contribution in [1.82, 2.24) is 25.8 Å². The van der Waals surface area contributed by atoms with Crippen LogP contribution in [0, 0.1) is 5.82 Å². The van der Waals surface area contributed by atoms with Gasteiger partial charge in [-0.15, -0.1) is 0 Å². The molecule has 0 aliphatic rings. The second-order valence-corrected chi connectivity index (χ2v) is 10.4. The Morgan fingerprint density at radius 1 is 1.05 bits per heavy atom. The molecule has 2 N–H and O–H groups in total. The van der Waals surface area contributed by atoms with Crippen molar-refractivity contribution >= 4 is 22.9 Å². The molecule has 5 aromatic rings. The molecule has 3 aromatic heterocycles. The first kappa shape index (κ1) is 27.7. The summed E-state index contributed by atoms with van der Waals surface area (Å²) < 4.78 is 24.6. The zero-order chi connectivity index (χ0) is 29.3. The molecule has 3 heterocycles. The van der Waals surface area contributed by atoms with Gasteiger partial charge in [-0.3, -0.25) is 9.59 Å². The molecule has 0 saturated carbocycles. The fraction of sp³-hybridized carbons (Fsp3) is 0.258. The third kappa shape index (κ3) is 5.32. The number of carbonyl (C=O) groups excluding carboxylic acids is 2. The number of amides is 2. The number of furan rings is 1. The van der Waals surface area contributed by atoms with Gasteiger partial charge in [0.1, 0.15) is 11.6 Å². The molecule has 0 aliphatic carbocycles. The molecule has 0 saturated heterocycles. The van der Waals surface area contributed by atoms with Crippen LogP contribution in [0.1, 0.15) is 72.3 Å². The van der Waals surface area contributed by atoms with Crippen molar-refractivity contribution in [3.63, 3.8) is 0 Å². The van der Waals surface area contributed by atoms with E-state index in [1.165, 1.54) is 25.6 Å². The normalized spacial score (nSPS) is 12.3. The van der Waals surface area contributed by atoms with Crippen molar-refractivity contribution in [2.75, 3.05) is 7.05 Å². The van der Waals surface area contributed by atoms with Crippen LogP contribution in [0.5, 0.6) is 0 Å². The fourth-order valence-electron chi connectivity index (χ4n) is 4.68. The molecule has 2 amide bonds. The number of nitrogens with zero attached hydrogens (tertiary/aromatic N) is 3. The molecule has 9 nitrogen and oxygen atoms in total. The molecule has 41 heavy (non-hydrogen) atoms. The second kappa shape index (κ2) is 11.0. The molecule has 210 valence electrons. The Bertz CT molecular complexity index is 1730. The molecule has 5 rings (SSSR count). The molecule has 0 fully saturated rings. The van der Waals surface area contributed by atoms with E-state index in [0.29, 0.717) is 39.4 Å². The number of hydrogen-bond donors (Lipinski definition) is 2. The topological polar surface area (TPSA) is 123 Å². The number of hydrogen-bond acceptors (Lipinski definition) is 7. The fourth-order valence-corrected chi connectivity index (χ4v) is 4.68. The van der Waals surface area contributed by atoms with E-state index in [9.17, 15) is 14.0 Å². The molecule has 2 aromatic carbocycles. The van der Waals surface area contributed by atoms with E-state index in [1.54, 1.807) is 44.2 Å². The standard InChI is InChI=1S/C31H30FN5O4/c1-6-17(2)25-22(19-8-7-9-20(14-19)27(38)36-31(3,4)30-34-16-40-37-30)15-23-24(28(39)33-5)26(41-29(23)35-25)18-10-12-21(32)13-11-18/h7-17H,6H2,1-5H3,(H,33,39)(H,36,38)/t17-/m0/s1. The van der Waals surface area contributed by atoms with Gasteiger partial charge in [0, 0.05) is 23.7 Å². The lowest BCUT2D eigenvalue weighted by Gasteiger charge is -2.22. The molecule has 1 atom stereocenters. The zero-order valence-electron chi connectivity index (χ0n) is 23.4. The number of nitrogens with one attached hydrogen (secondary N) is 2. The third-order valence-electron chi connectivity index (χ3n) is 7.13. The first-order chi connectivity index (χ1) is 19.6. The highest BCUT2D eigenvalue weighted by molar-refractivity contribution is 6.11. The predicted molar refractivity (Wildman–Crippen MR) is 152 cm³/mol. The molecule has 10 heteroatoms. The van der Waals surface area contributed by atoms with Gasteiger partial charge in [0.05, 0.1) is 22.2 Å². The lowest BCUT2D eigenvalue weighted by Crippen LogP contribution is -2.41. The summed E-state index contributed by atoms with van der Waals surface area (Å²) in [6, 6.07) is 14.8. The summed E-state index contributed by atoms with van der Waals surface area (Å²) in [6.07, 6.45) is 2.02. The Morgan fingerprint density at radius 2 is 1.80 bits per heavy atom. The van der Waals surface area contributed by atoms with Gasteiger partial charge >= 0.3 is 0 Å². The third-order valence-corrected chi connectivity index (χ3v) is 7.13. The summed E-state index contributed by atoms with van der Waals surface area (Å²) in [5.41, 5.74) is 3.03. The number of aromatic nitrogens is 3. The molecule has 0 unspecified atom stereocenters. The summed E-state index contributed by atoms with van der Waals surface area (Å²) in [5.74, 6) is -0.356. The zero-order valence-corrected chi connectivity index (χ0v) is 23.4. The largest absolute Gasteiger partial charge is 0.437 e. The Labute approximate surface area is 236 Å². The van der Waals surface area contributed by atoms with Gasteiger partial charge in [-0.2, -0.15) is 4.98 Å². The highest BCUT2D eigenvalue weighted by Gasteiger charge is 2.29. The van der Waals surface area contributed by atoms with Gasteiger partial charge in [0.2, 0.25) is 12.1 Å². The first-order valence-corrected chi connectivity index (χ1v) is 13.3. The van der Waals surface area contributed by atoms with Crippen LogP contribution in [0.4, 0.5) is 4.39 Å². The van der Waals surface area contributed by atoms with Crippen molar-refractivity contribution in [3.8, 4) is 22.5 Å². The summed E-state index contributed by atoms with van der Waals surface area (Å²) >= 11 is 0. The second-order valence-electron chi connectivity index (χ2n) is 10.4. The van der Waals surface area contributed by atoms with E-state index >= 15 is 0 Å².